The number of hydrogen-bond acceptors (Lipinski definition) is 7. The number of ether oxygens (including phenoxy) is 4. The van der Waals surface area contributed by atoms with E-state index in [1.54, 1.807) is 24.1 Å². The molecule has 0 fully saturated rings. The molecule has 2 aliphatic heterocycles. The van der Waals surface area contributed by atoms with E-state index in [0.717, 1.165) is 29.8 Å². The molecule has 8 heteroatoms. The highest BCUT2D eigenvalue weighted by Gasteiger charge is 2.30. The highest BCUT2D eigenvalue weighted by molar-refractivity contribution is 5.89. The number of carbonyl (C=O) groups excluding carboxylic acids is 2. The molecular formula is C29H38N2O6. The van der Waals surface area contributed by atoms with Crippen LogP contribution in [0.1, 0.15) is 47.8 Å². The van der Waals surface area contributed by atoms with Crippen molar-refractivity contribution in [2.45, 2.75) is 52.2 Å². The molecule has 0 bridgehead atoms. The van der Waals surface area contributed by atoms with Crippen molar-refractivity contribution in [1.29, 1.82) is 0 Å². The van der Waals surface area contributed by atoms with Crippen LogP contribution >= 0.6 is 0 Å². The third-order valence-corrected chi connectivity index (χ3v) is 6.77. The van der Waals surface area contributed by atoms with Crippen LogP contribution in [0.3, 0.4) is 0 Å². The Hall–Kier alpha value is -3.26. The van der Waals surface area contributed by atoms with Crippen LogP contribution in [-0.2, 0) is 27.1 Å². The topological polar surface area (TPSA) is 77.5 Å². The van der Waals surface area contributed by atoms with Crippen LogP contribution in [0.25, 0.3) is 0 Å². The van der Waals surface area contributed by atoms with Crippen LogP contribution in [0.15, 0.2) is 36.4 Å². The van der Waals surface area contributed by atoms with Crippen molar-refractivity contribution in [3.8, 4) is 5.75 Å². The maximum Gasteiger partial charge on any atom is 0.410 e. The monoisotopic (exact) mass is 510 g/mol. The summed E-state index contributed by atoms with van der Waals surface area (Å²) in [6.45, 7) is 11.0. The van der Waals surface area contributed by atoms with Crippen molar-refractivity contribution in [3.05, 3.63) is 58.7 Å². The van der Waals surface area contributed by atoms with E-state index in [9.17, 15) is 9.59 Å². The number of fused-ring (bicyclic) bond motifs is 2. The van der Waals surface area contributed by atoms with Crippen LogP contribution in [0.5, 0.6) is 5.75 Å². The maximum atomic E-state index is 12.7. The number of esters is 1. The van der Waals surface area contributed by atoms with Gasteiger partial charge in [-0.25, -0.2) is 9.59 Å². The van der Waals surface area contributed by atoms with Crippen LogP contribution in [0, 0.1) is 6.92 Å². The van der Waals surface area contributed by atoms with Gasteiger partial charge in [0.15, 0.2) is 0 Å². The lowest BCUT2D eigenvalue weighted by atomic mass is 9.94. The zero-order valence-electron chi connectivity index (χ0n) is 22.5. The van der Waals surface area contributed by atoms with Gasteiger partial charge in [0.2, 0.25) is 0 Å². The molecule has 1 atom stereocenters. The lowest BCUT2D eigenvalue weighted by Crippen LogP contribution is -2.41. The van der Waals surface area contributed by atoms with Gasteiger partial charge in [-0.3, -0.25) is 0 Å². The van der Waals surface area contributed by atoms with E-state index in [1.807, 2.05) is 39.0 Å². The third-order valence-electron chi connectivity index (χ3n) is 6.77. The van der Waals surface area contributed by atoms with Gasteiger partial charge in [0.1, 0.15) is 30.7 Å². The molecule has 1 amide bonds. The zero-order chi connectivity index (χ0) is 26.6. The number of amides is 1. The van der Waals surface area contributed by atoms with Crippen LogP contribution in [0.4, 0.5) is 10.5 Å². The number of hydrogen-bond donors (Lipinski definition) is 0. The molecule has 2 heterocycles. The summed E-state index contributed by atoms with van der Waals surface area (Å²) in [6.07, 6.45) is 0.944. The van der Waals surface area contributed by atoms with E-state index in [2.05, 4.69) is 17.9 Å². The van der Waals surface area contributed by atoms with Crippen molar-refractivity contribution in [3.63, 3.8) is 0 Å². The first kappa shape index (κ1) is 26.8. The predicted octanol–water partition coefficient (Wildman–Crippen LogP) is 4.40. The minimum atomic E-state index is -0.521. The Balaban J connectivity index is 1.47. The highest BCUT2D eigenvalue weighted by Crippen LogP contribution is 2.40. The fourth-order valence-electron chi connectivity index (χ4n) is 4.91. The van der Waals surface area contributed by atoms with Gasteiger partial charge < -0.3 is 28.7 Å². The van der Waals surface area contributed by atoms with E-state index in [-0.39, 0.29) is 24.8 Å². The second kappa shape index (κ2) is 11.4. The Bertz CT molecular complexity index is 1110. The largest absolute Gasteiger partial charge is 0.490 e. The lowest BCUT2D eigenvalue weighted by molar-refractivity contribution is 0.0129. The number of nitrogens with zero attached hydrogens (tertiary/aromatic N) is 2. The molecule has 2 aromatic rings. The first-order chi connectivity index (χ1) is 17.7. The van der Waals surface area contributed by atoms with E-state index in [0.29, 0.717) is 38.3 Å². The predicted molar refractivity (Wildman–Crippen MR) is 142 cm³/mol. The SMILES string of the molecule is CO[C@H](COC(=O)c1ccccc1)CN1CCOc2cc3c(c(C)c21)CCN(C(=O)OC(C)(C)C)CC3. The second-order valence-corrected chi connectivity index (χ2v) is 10.6. The molecule has 4 rings (SSSR count). The van der Waals surface area contributed by atoms with Crippen molar-refractivity contribution >= 4 is 17.7 Å². The third kappa shape index (κ3) is 6.55. The highest BCUT2D eigenvalue weighted by atomic mass is 16.6. The fourth-order valence-corrected chi connectivity index (χ4v) is 4.91. The van der Waals surface area contributed by atoms with Gasteiger partial charge in [-0.05, 0) is 75.4 Å². The number of benzene rings is 2. The molecule has 0 saturated carbocycles. The second-order valence-electron chi connectivity index (χ2n) is 10.6. The van der Waals surface area contributed by atoms with Crippen molar-refractivity contribution in [2.75, 3.05) is 51.4 Å². The first-order valence-corrected chi connectivity index (χ1v) is 12.9. The van der Waals surface area contributed by atoms with Crippen molar-refractivity contribution in [1.82, 2.24) is 4.90 Å². The Morgan fingerprint density at radius 2 is 1.81 bits per heavy atom. The molecule has 8 nitrogen and oxygen atoms in total. The van der Waals surface area contributed by atoms with Gasteiger partial charge in [0.05, 0.1) is 17.8 Å². The quantitative estimate of drug-likeness (QED) is 0.533. The summed E-state index contributed by atoms with van der Waals surface area (Å²) < 4.78 is 22.9. The van der Waals surface area contributed by atoms with Crippen molar-refractivity contribution < 1.29 is 28.5 Å². The summed E-state index contributed by atoms with van der Waals surface area (Å²) in [6, 6.07) is 11.1. The number of rotatable bonds is 6. The molecule has 2 aliphatic rings. The Kier molecular flexibility index (Phi) is 8.27. The van der Waals surface area contributed by atoms with Gasteiger partial charge >= 0.3 is 12.1 Å². The average molecular weight is 511 g/mol. The standard InChI is InChI=1S/C29H38N2O6/c1-20-24-12-14-30(28(33)37-29(2,3)4)13-11-22(24)17-25-26(20)31(15-16-35-25)18-23(34-5)19-36-27(32)21-9-7-6-8-10-21/h6-10,17,23H,11-16,18-19H2,1-5H3/t23-/m0/s1. The molecule has 0 radical (unpaired) electrons. The minimum Gasteiger partial charge on any atom is -0.490 e. The number of methoxy groups -OCH3 is 1. The van der Waals surface area contributed by atoms with Crippen molar-refractivity contribution in [2.24, 2.45) is 0 Å². The molecular weight excluding hydrogens is 472 g/mol. The first-order valence-electron chi connectivity index (χ1n) is 12.9. The summed E-state index contributed by atoms with van der Waals surface area (Å²) in [4.78, 5) is 29.1. The normalized spacial score (nSPS) is 16.1. The molecule has 0 saturated heterocycles. The van der Waals surface area contributed by atoms with E-state index >= 15 is 0 Å². The van der Waals surface area contributed by atoms with Crippen LogP contribution in [0.2, 0.25) is 0 Å². The van der Waals surface area contributed by atoms with Gasteiger partial charge in [-0.2, -0.15) is 0 Å². The van der Waals surface area contributed by atoms with E-state index < -0.39 is 5.60 Å². The minimum absolute atomic E-state index is 0.158. The summed E-state index contributed by atoms with van der Waals surface area (Å²) >= 11 is 0. The van der Waals surface area contributed by atoms with Gasteiger partial charge in [-0.15, -0.1) is 0 Å². The molecule has 0 spiro atoms. The fraction of sp³-hybridized carbons (Fsp3) is 0.517. The summed E-state index contributed by atoms with van der Waals surface area (Å²) in [5.41, 5.74) is 4.68. The van der Waals surface area contributed by atoms with Crippen LogP contribution in [-0.4, -0.2) is 75.2 Å². The molecule has 0 aromatic heterocycles. The van der Waals surface area contributed by atoms with E-state index in [4.69, 9.17) is 18.9 Å². The maximum absolute atomic E-state index is 12.7. The lowest BCUT2D eigenvalue weighted by Gasteiger charge is -2.36. The summed E-state index contributed by atoms with van der Waals surface area (Å²) in [7, 11) is 1.64. The molecule has 37 heavy (non-hydrogen) atoms. The van der Waals surface area contributed by atoms with Gasteiger partial charge in [0.25, 0.3) is 0 Å². The summed E-state index contributed by atoms with van der Waals surface area (Å²) in [5, 5.41) is 0. The number of anilines is 1. The number of carbonyl (C=O) groups is 2. The zero-order valence-corrected chi connectivity index (χ0v) is 22.5. The molecule has 0 unspecified atom stereocenters. The molecule has 0 N–H and O–H groups in total. The summed E-state index contributed by atoms with van der Waals surface area (Å²) in [5.74, 6) is 0.491. The van der Waals surface area contributed by atoms with Gasteiger partial charge in [0, 0.05) is 26.7 Å². The Morgan fingerprint density at radius 1 is 1.08 bits per heavy atom. The average Bonchev–Trinajstić information content (AvgIpc) is 3.09. The van der Waals surface area contributed by atoms with Gasteiger partial charge in [-0.1, -0.05) is 18.2 Å². The Morgan fingerprint density at radius 3 is 2.51 bits per heavy atom. The van der Waals surface area contributed by atoms with E-state index in [1.165, 1.54) is 11.1 Å². The molecule has 200 valence electrons. The Labute approximate surface area is 219 Å². The van der Waals surface area contributed by atoms with Crippen LogP contribution < -0.4 is 9.64 Å². The smallest absolute Gasteiger partial charge is 0.410 e. The molecule has 2 aromatic carbocycles. The molecule has 0 aliphatic carbocycles.